The van der Waals surface area contributed by atoms with Gasteiger partial charge in [-0.05, 0) is 13.2 Å². The Morgan fingerprint density at radius 2 is 2.33 bits per heavy atom. The van der Waals surface area contributed by atoms with Crippen LogP contribution in [0.5, 0.6) is 0 Å². The van der Waals surface area contributed by atoms with Crippen LogP contribution in [-0.4, -0.2) is 35.8 Å². The van der Waals surface area contributed by atoms with E-state index in [1.807, 2.05) is 12.3 Å². The molecule has 0 aliphatic carbocycles. The van der Waals surface area contributed by atoms with Gasteiger partial charge in [0.25, 0.3) is 0 Å². The van der Waals surface area contributed by atoms with Crippen LogP contribution in [0.15, 0.2) is 11.6 Å². The number of rotatable bonds is 6. The molecule has 0 aromatic heterocycles. The molecule has 0 heterocycles. The Hall–Kier alpha value is 0.300. The Balaban J connectivity index is 3.60. The van der Waals surface area contributed by atoms with Crippen LogP contribution in [0.2, 0.25) is 0 Å². The number of thioether (sulfide) groups is 1. The van der Waals surface area contributed by atoms with Crippen molar-refractivity contribution in [3.8, 4) is 0 Å². The molecule has 0 bridgehead atoms. The number of halogens is 1. The van der Waals surface area contributed by atoms with Crippen molar-refractivity contribution in [1.29, 1.82) is 0 Å². The predicted octanol–water partition coefficient (Wildman–Crippen LogP) is 1.44. The minimum atomic E-state index is 0.208. The predicted molar refractivity (Wildman–Crippen MR) is 56.8 cm³/mol. The van der Waals surface area contributed by atoms with Gasteiger partial charge in [-0.2, -0.15) is 11.8 Å². The van der Waals surface area contributed by atoms with Crippen molar-refractivity contribution in [3.63, 3.8) is 0 Å². The molecule has 2 unspecified atom stereocenters. The molecular formula is C8H16ClNOS. The SMILES string of the molecule is CSC(CO)C(C)NC/C=C/Cl. The summed E-state index contributed by atoms with van der Waals surface area (Å²) in [5, 5.41) is 12.4. The number of nitrogens with one attached hydrogen (secondary N) is 1. The number of hydrogen-bond donors (Lipinski definition) is 2. The molecule has 0 fully saturated rings. The average molecular weight is 210 g/mol. The third kappa shape index (κ3) is 5.04. The smallest absolute Gasteiger partial charge is 0.0564 e. The molecule has 0 saturated carbocycles. The van der Waals surface area contributed by atoms with E-state index >= 15 is 0 Å². The van der Waals surface area contributed by atoms with Gasteiger partial charge >= 0.3 is 0 Å². The summed E-state index contributed by atoms with van der Waals surface area (Å²) in [5.41, 5.74) is 1.49. The van der Waals surface area contributed by atoms with Gasteiger partial charge in [0.1, 0.15) is 0 Å². The van der Waals surface area contributed by atoms with Crippen LogP contribution >= 0.6 is 23.4 Å². The van der Waals surface area contributed by atoms with Crippen molar-refractivity contribution < 1.29 is 5.11 Å². The van der Waals surface area contributed by atoms with Gasteiger partial charge in [0, 0.05) is 23.4 Å². The molecule has 0 saturated heterocycles. The Labute approximate surface area is 83.4 Å². The molecule has 2 nitrogen and oxygen atoms in total. The first-order valence-corrected chi connectivity index (χ1v) is 5.61. The Morgan fingerprint density at radius 3 is 2.75 bits per heavy atom. The van der Waals surface area contributed by atoms with Crippen LogP contribution in [0.1, 0.15) is 6.92 Å². The summed E-state index contributed by atoms with van der Waals surface area (Å²) in [7, 11) is 0. The zero-order chi connectivity index (χ0) is 9.40. The molecule has 0 radical (unpaired) electrons. The largest absolute Gasteiger partial charge is 0.395 e. The van der Waals surface area contributed by atoms with Gasteiger partial charge in [-0.1, -0.05) is 17.7 Å². The molecule has 0 amide bonds. The standard InChI is InChI=1S/C8H16ClNOS/c1-7(8(6-11)12-2)10-5-3-4-9/h3-4,7-8,10-11H,5-6H2,1-2H3/b4-3+. The lowest BCUT2D eigenvalue weighted by Crippen LogP contribution is -2.37. The molecule has 2 atom stereocenters. The molecule has 0 aliphatic rings. The Bertz CT molecular complexity index is 128. The van der Waals surface area contributed by atoms with Crippen molar-refractivity contribution in [2.45, 2.75) is 18.2 Å². The van der Waals surface area contributed by atoms with Crippen LogP contribution in [-0.2, 0) is 0 Å². The summed E-state index contributed by atoms with van der Waals surface area (Å²) in [6.45, 7) is 3.01. The molecule has 12 heavy (non-hydrogen) atoms. The van der Waals surface area contributed by atoms with Crippen molar-refractivity contribution in [2.24, 2.45) is 0 Å². The van der Waals surface area contributed by atoms with E-state index in [1.165, 1.54) is 5.54 Å². The quantitative estimate of drug-likeness (QED) is 0.695. The molecular weight excluding hydrogens is 194 g/mol. The highest BCUT2D eigenvalue weighted by Crippen LogP contribution is 2.09. The summed E-state index contributed by atoms with van der Waals surface area (Å²) in [5.74, 6) is 0. The first-order chi connectivity index (χ1) is 5.76. The fraction of sp³-hybridized carbons (Fsp3) is 0.750. The molecule has 0 aliphatic heterocycles. The minimum absolute atomic E-state index is 0.208. The second kappa shape index (κ2) is 7.92. The fourth-order valence-electron chi connectivity index (χ4n) is 0.867. The topological polar surface area (TPSA) is 32.3 Å². The number of hydrogen-bond acceptors (Lipinski definition) is 3. The monoisotopic (exact) mass is 209 g/mol. The molecule has 0 aromatic rings. The number of aliphatic hydroxyl groups is 1. The lowest BCUT2D eigenvalue weighted by molar-refractivity contribution is 0.277. The lowest BCUT2D eigenvalue weighted by atomic mass is 10.2. The van der Waals surface area contributed by atoms with Gasteiger partial charge in [0.05, 0.1) is 6.61 Å². The summed E-state index contributed by atoms with van der Waals surface area (Å²) < 4.78 is 0. The summed E-state index contributed by atoms with van der Waals surface area (Å²) >= 11 is 7.02. The van der Waals surface area contributed by atoms with Gasteiger partial charge in [-0.25, -0.2) is 0 Å². The minimum Gasteiger partial charge on any atom is -0.395 e. The summed E-state index contributed by atoms with van der Waals surface area (Å²) in [4.78, 5) is 0. The van der Waals surface area contributed by atoms with E-state index in [9.17, 15) is 0 Å². The second-order valence-corrected chi connectivity index (χ2v) is 3.84. The molecule has 0 spiro atoms. The first kappa shape index (κ1) is 12.3. The molecule has 0 rings (SSSR count). The van der Waals surface area contributed by atoms with Gasteiger partial charge in [0.15, 0.2) is 0 Å². The third-order valence-electron chi connectivity index (χ3n) is 1.69. The van der Waals surface area contributed by atoms with Gasteiger partial charge in [-0.3, -0.25) is 0 Å². The second-order valence-electron chi connectivity index (χ2n) is 2.52. The third-order valence-corrected chi connectivity index (χ3v) is 3.03. The van der Waals surface area contributed by atoms with Crippen LogP contribution in [0.25, 0.3) is 0 Å². The summed E-state index contributed by atoms with van der Waals surface area (Å²) in [6.07, 6.45) is 3.84. The molecule has 0 aromatic carbocycles. The van der Waals surface area contributed by atoms with Crippen molar-refractivity contribution in [2.75, 3.05) is 19.4 Å². The zero-order valence-corrected chi connectivity index (χ0v) is 9.03. The van der Waals surface area contributed by atoms with E-state index in [0.717, 1.165) is 6.54 Å². The van der Waals surface area contributed by atoms with Crippen LogP contribution < -0.4 is 5.32 Å². The van der Waals surface area contributed by atoms with E-state index in [2.05, 4.69) is 12.2 Å². The van der Waals surface area contributed by atoms with E-state index in [0.29, 0.717) is 6.04 Å². The zero-order valence-electron chi connectivity index (χ0n) is 7.46. The normalized spacial score (nSPS) is 16.7. The fourth-order valence-corrected chi connectivity index (χ4v) is 1.61. The Morgan fingerprint density at radius 1 is 1.67 bits per heavy atom. The van der Waals surface area contributed by atoms with Gasteiger partial charge < -0.3 is 10.4 Å². The van der Waals surface area contributed by atoms with E-state index in [-0.39, 0.29) is 11.9 Å². The highest BCUT2D eigenvalue weighted by atomic mass is 35.5. The van der Waals surface area contributed by atoms with E-state index in [4.69, 9.17) is 16.7 Å². The first-order valence-electron chi connectivity index (χ1n) is 3.88. The van der Waals surface area contributed by atoms with E-state index < -0.39 is 0 Å². The van der Waals surface area contributed by atoms with Crippen LogP contribution in [0, 0.1) is 0 Å². The van der Waals surface area contributed by atoms with Gasteiger partial charge in [-0.15, -0.1) is 0 Å². The lowest BCUT2D eigenvalue weighted by Gasteiger charge is -2.20. The number of aliphatic hydroxyl groups excluding tert-OH is 1. The highest BCUT2D eigenvalue weighted by molar-refractivity contribution is 7.99. The molecule has 2 N–H and O–H groups in total. The van der Waals surface area contributed by atoms with Crippen LogP contribution in [0.3, 0.4) is 0 Å². The van der Waals surface area contributed by atoms with Gasteiger partial charge in [0.2, 0.25) is 0 Å². The molecule has 72 valence electrons. The Kier molecular flexibility index (Phi) is 8.12. The van der Waals surface area contributed by atoms with Crippen molar-refractivity contribution in [1.82, 2.24) is 5.32 Å². The van der Waals surface area contributed by atoms with E-state index in [1.54, 1.807) is 11.8 Å². The maximum Gasteiger partial charge on any atom is 0.0564 e. The maximum absolute atomic E-state index is 8.95. The molecule has 4 heteroatoms. The summed E-state index contributed by atoms with van der Waals surface area (Å²) in [6, 6.07) is 0.304. The van der Waals surface area contributed by atoms with Crippen molar-refractivity contribution >= 4 is 23.4 Å². The maximum atomic E-state index is 8.95. The highest BCUT2D eigenvalue weighted by Gasteiger charge is 2.12. The van der Waals surface area contributed by atoms with Crippen LogP contribution in [0.4, 0.5) is 0 Å². The average Bonchev–Trinajstić information content (AvgIpc) is 2.07. The van der Waals surface area contributed by atoms with Crippen molar-refractivity contribution in [3.05, 3.63) is 11.6 Å².